The minimum atomic E-state index is -0.966. The van der Waals surface area contributed by atoms with Crippen LogP contribution in [0.2, 0.25) is 0 Å². The number of carbonyl (C=O) groups excluding carboxylic acids is 2. The Morgan fingerprint density at radius 1 is 0.455 bits per heavy atom. The number of ether oxygens (including phenoxy) is 2. The molecule has 5 nitrogen and oxygen atoms in total. The minimum Gasteiger partial charge on any atom is -0.463 e. The lowest BCUT2D eigenvalue weighted by atomic mass is 10.1. The predicted molar refractivity (Wildman–Crippen MR) is 187 cm³/mol. The number of hydrogen-bond acceptors (Lipinski definition) is 5. The van der Waals surface area contributed by atoms with E-state index in [0.717, 1.165) is 44.9 Å². The summed E-state index contributed by atoms with van der Waals surface area (Å²) in [5.41, 5.74) is 0. The predicted octanol–water partition coefficient (Wildman–Crippen LogP) is 11.5. The van der Waals surface area contributed by atoms with Crippen LogP contribution in [-0.4, -0.2) is 36.4 Å². The standard InChI is InChI=1S/C39H72O5/c1-3-5-7-9-11-13-15-17-19-21-23-25-27-29-31-33-38(41)43-35-37(40)36-44-39(42)34-32-30-28-26-24-22-20-18-16-14-12-10-8-6-4-2/h15,17-18,20,37,40H,3-14,16,19,21-36H2,1-2H3/b17-15+,20-18+/t37-/m0/s1. The first-order valence-corrected chi connectivity index (χ1v) is 18.9. The van der Waals surface area contributed by atoms with Gasteiger partial charge >= 0.3 is 11.9 Å². The van der Waals surface area contributed by atoms with Gasteiger partial charge in [-0.1, -0.05) is 141 Å². The molecular formula is C39H72O5. The van der Waals surface area contributed by atoms with Crippen molar-refractivity contribution in [1.29, 1.82) is 0 Å². The van der Waals surface area contributed by atoms with Crippen LogP contribution < -0.4 is 0 Å². The lowest BCUT2D eigenvalue weighted by Gasteiger charge is -2.12. The highest BCUT2D eigenvalue weighted by atomic mass is 16.6. The van der Waals surface area contributed by atoms with Gasteiger partial charge in [0.2, 0.25) is 0 Å². The largest absolute Gasteiger partial charge is 0.463 e. The van der Waals surface area contributed by atoms with Gasteiger partial charge in [-0.3, -0.25) is 9.59 Å². The summed E-state index contributed by atoms with van der Waals surface area (Å²) in [4.78, 5) is 23.9. The van der Waals surface area contributed by atoms with Crippen LogP contribution in [0.5, 0.6) is 0 Å². The Balaban J connectivity index is 3.45. The van der Waals surface area contributed by atoms with E-state index in [4.69, 9.17) is 9.47 Å². The van der Waals surface area contributed by atoms with Crippen LogP contribution in [0.1, 0.15) is 194 Å². The summed E-state index contributed by atoms with van der Waals surface area (Å²) >= 11 is 0. The molecule has 0 saturated carbocycles. The summed E-state index contributed by atoms with van der Waals surface area (Å²) in [5, 5.41) is 9.99. The molecule has 0 unspecified atom stereocenters. The van der Waals surface area contributed by atoms with Crippen molar-refractivity contribution in [3.05, 3.63) is 24.3 Å². The molecule has 44 heavy (non-hydrogen) atoms. The summed E-state index contributed by atoms with van der Waals surface area (Å²) in [6, 6.07) is 0. The Morgan fingerprint density at radius 3 is 1.05 bits per heavy atom. The molecule has 0 saturated heterocycles. The highest BCUT2D eigenvalue weighted by Crippen LogP contribution is 2.12. The van der Waals surface area contributed by atoms with E-state index < -0.39 is 6.10 Å². The first-order chi connectivity index (χ1) is 21.6. The number of aliphatic hydroxyl groups excluding tert-OH is 1. The molecule has 0 bridgehead atoms. The van der Waals surface area contributed by atoms with Gasteiger partial charge in [-0.2, -0.15) is 0 Å². The van der Waals surface area contributed by atoms with Crippen molar-refractivity contribution >= 4 is 11.9 Å². The fraction of sp³-hybridized carbons (Fsp3) is 0.846. The molecule has 0 aliphatic carbocycles. The number of unbranched alkanes of at least 4 members (excludes halogenated alkanes) is 22. The first-order valence-electron chi connectivity index (χ1n) is 18.9. The first kappa shape index (κ1) is 42.4. The van der Waals surface area contributed by atoms with Gasteiger partial charge in [-0.25, -0.2) is 0 Å². The Kier molecular flexibility index (Phi) is 34.5. The summed E-state index contributed by atoms with van der Waals surface area (Å²) in [5.74, 6) is -0.578. The van der Waals surface area contributed by atoms with E-state index in [9.17, 15) is 14.7 Å². The van der Waals surface area contributed by atoms with E-state index in [-0.39, 0.29) is 25.2 Å². The molecule has 1 atom stereocenters. The highest BCUT2D eigenvalue weighted by molar-refractivity contribution is 5.69. The number of rotatable bonds is 34. The second-order valence-electron chi connectivity index (χ2n) is 12.7. The molecule has 0 amide bonds. The molecule has 0 aromatic rings. The minimum absolute atomic E-state index is 0.119. The Bertz CT molecular complexity index is 671. The monoisotopic (exact) mass is 621 g/mol. The van der Waals surface area contributed by atoms with Crippen molar-refractivity contribution in [2.24, 2.45) is 0 Å². The van der Waals surface area contributed by atoms with E-state index in [0.29, 0.717) is 12.8 Å². The average Bonchev–Trinajstić information content (AvgIpc) is 3.02. The highest BCUT2D eigenvalue weighted by Gasteiger charge is 2.12. The van der Waals surface area contributed by atoms with Gasteiger partial charge in [0.05, 0.1) is 0 Å². The van der Waals surface area contributed by atoms with Crippen LogP contribution >= 0.6 is 0 Å². The second-order valence-corrected chi connectivity index (χ2v) is 12.7. The van der Waals surface area contributed by atoms with Crippen LogP contribution in [0.3, 0.4) is 0 Å². The molecule has 1 N–H and O–H groups in total. The summed E-state index contributed by atoms with van der Waals surface area (Å²) in [6.45, 7) is 4.27. The van der Waals surface area contributed by atoms with Crippen molar-refractivity contribution in [2.45, 2.75) is 200 Å². The molecule has 0 rings (SSSR count). The van der Waals surface area contributed by atoms with E-state index in [1.807, 2.05) is 0 Å². The van der Waals surface area contributed by atoms with E-state index in [1.165, 1.54) is 122 Å². The zero-order chi connectivity index (χ0) is 32.2. The quantitative estimate of drug-likeness (QED) is 0.0440. The molecule has 0 fully saturated rings. The smallest absolute Gasteiger partial charge is 0.305 e. The Hall–Kier alpha value is -1.62. The molecule has 0 aliphatic rings. The average molecular weight is 621 g/mol. The maximum atomic E-state index is 11.9. The molecule has 258 valence electrons. The maximum Gasteiger partial charge on any atom is 0.305 e. The number of allylic oxidation sites excluding steroid dienone is 4. The van der Waals surface area contributed by atoms with Gasteiger partial charge in [0, 0.05) is 12.8 Å². The van der Waals surface area contributed by atoms with Crippen molar-refractivity contribution in [2.75, 3.05) is 13.2 Å². The number of aliphatic hydroxyl groups is 1. The Morgan fingerprint density at radius 2 is 0.727 bits per heavy atom. The van der Waals surface area contributed by atoms with Crippen molar-refractivity contribution in [1.82, 2.24) is 0 Å². The van der Waals surface area contributed by atoms with Crippen LogP contribution in [0, 0.1) is 0 Å². The third-order valence-corrected chi connectivity index (χ3v) is 8.16. The van der Waals surface area contributed by atoms with Gasteiger partial charge in [0.1, 0.15) is 19.3 Å². The zero-order valence-electron chi connectivity index (χ0n) is 29.2. The van der Waals surface area contributed by atoms with E-state index in [1.54, 1.807) is 0 Å². The lowest BCUT2D eigenvalue weighted by Crippen LogP contribution is -2.25. The van der Waals surface area contributed by atoms with Gasteiger partial charge in [0.15, 0.2) is 0 Å². The zero-order valence-corrected chi connectivity index (χ0v) is 29.2. The van der Waals surface area contributed by atoms with Crippen LogP contribution in [-0.2, 0) is 19.1 Å². The normalized spacial score (nSPS) is 12.3. The number of esters is 2. The van der Waals surface area contributed by atoms with Crippen LogP contribution in [0.15, 0.2) is 24.3 Å². The maximum absolute atomic E-state index is 11.9. The third-order valence-electron chi connectivity index (χ3n) is 8.16. The summed E-state index contributed by atoms with van der Waals surface area (Å²) < 4.78 is 10.3. The molecular weight excluding hydrogens is 548 g/mol. The summed E-state index contributed by atoms with van der Waals surface area (Å²) in [6.07, 6.45) is 40.8. The number of carbonyl (C=O) groups is 2. The number of hydrogen-bond donors (Lipinski definition) is 1. The fourth-order valence-electron chi connectivity index (χ4n) is 5.25. The van der Waals surface area contributed by atoms with Crippen LogP contribution in [0.25, 0.3) is 0 Å². The van der Waals surface area contributed by atoms with Gasteiger partial charge in [0.25, 0.3) is 0 Å². The second kappa shape index (κ2) is 35.9. The van der Waals surface area contributed by atoms with Crippen molar-refractivity contribution in [3.63, 3.8) is 0 Å². The lowest BCUT2D eigenvalue weighted by molar-refractivity contribution is -0.152. The fourth-order valence-corrected chi connectivity index (χ4v) is 5.25. The molecule has 0 radical (unpaired) electrons. The van der Waals surface area contributed by atoms with Crippen molar-refractivity contribution in [3.8, 4) is 0 Å². The molecule has 0 aromatic carbocycles. The van der Waals surface area contributed by atoms with Crippen molar-refractivity contribution < 1.29 is 24.2 Å². The van der Waals surface area contributed by atoms with Crippen LogP contribution in [0.4, 0.5) is 0 Å². The van der Waals surface area contributed by atoms with Gasteiger partial charge in [-0.05, 0) is 64.2 Å². The van der Waals surface area contributed by atoms with E-state index >= 15 is 0 Å². The summed E-state index contributed by atoms with van der Waals surface area (Å²) in [7, 11) is 0. The molecule has 0 spiro atoms. The van der Waals surface area contributed by atoms with Gasteiger partial charge in [-0.15, -0.1) is 0 Å². The topological polar surface area (TPSA) is 72.8 Å². The molecule has 0 aromatic heterocycles. The van der Waals surface area contributed by atoms with Gasteiger partial charge < -0.3 is 14.6 Å². The Labute approximate surface area is 273 Å². The molecule has 0 heterocycles. The van der Waals surface area contributed by atoms with E-state index in [2.05, 4.69) is 38.2 Å². The molecule has 0 aliphatic heterocycles. The SMILES string of the molecule is CCCCCCC/C=C/CCCCCCCCC(=O)OC[C@H](O)COC(=O)CCCCCCC/C=C/CCCCCCCC. The third kappa shape index (κ3) is 34.9. The molecule has 5 heteroatoms.